The number of hydrogen-bond acceptors (Lipinski definition) is 13. The Bertz CT molecular complexity index is 1730. The fraction of sp³-hybridized carbons (Fsp3) is 0.0556. The molecule has 0 saturated carbocycles. The third-order valence-corrected chi connectivity index (χ3v) is 6.99. The van der Waals surface area contributed by atoms with E-state index in [9.17, 15) is 48.8 Å². The average molecular weight is 611 g/mol. The van der Waals surface area contributed by atoms with Crippen molar-refractivity contribution in [1.82, 2.24) is 0 Å². The molecule has 3 aromatic carbocycles. The van der Waals surface area contributed by atoms with Crippen LogP contribution >= 0.6 is 0 Å². The van der Waals surface area contributed by atoms with Crippen molar-refractivity contribution in [3.8, 4) is 5.75 Å². The van der Waals surface area contributed by atoms with Gasteiger partial charge in [-0.3, -0.25) is 4.79 Å². The van der Waals surface area contributed by atoms with Gasteiger partial charge in [-0.05, 0) is 41.8 Å². The summed E-state index contributed by atoms with van der Waals surface area (Å²) in [6.07, 6.45) is 0. The molecule has 0 heterocycles. The van der Waals surface area contributed by atoms with Gasteiger partial charge in [-0.2, -0.15) is 5.11 Å². The maximum absolute atomic E-state index is 11.8. The molecule has 0 saturated heterocycles. The second-order valence-corrected chi connectivity index (χ2v) is 10.9. The zero-order valence-electron chi connectivity index (χ0n) is 20.2. The second kappa shape index (κ2) is 13.9. The van der Waals surface area contributed by atoms with Gasteiger partial charge < -0.3 is 24.1 Å². The van der Waals surface area contributed by atoms with E-state index in [4.69, 9.17) is 0 Å². The number of carbonyl (C=O) groups excluding carboxylic acids is 1. The molecule has 38 heavy (non-hydrogen) atoms. The van der Waals surface area contributed by atoms with E-state index >= 15 is 0 Å². The SMILES string of the molecule is CC(=O)Nc1c(S(=O)(=O)[O-])ccc2cc(S(=O)(=O)[O-])c(N=Nc3ccc(S(=O)(=O)[O-])cc3)c(O)c12.[Na+].[Na+].[Na+]. The molecule has 0 fully saturated rings. The number of hydrogen-bond donors (Lipinski definition) is 2. The summed E-state index contributed by atoms with van der Waals surface area (Å²) in [5.41, 5.74) is -1.78. The van der Waals surface area contributed by atoms with Crippen LogP contribution in [0.25, 0.3) is 10.8 Å². The first-order chi connectivity index (χ1) is 16.0. The number of anilines is 1. The quantitative estimate of drug-likeness (QED) is 0.151. The predicted molar refractivity (Wildman–Crippen MR) is 114 cm³/mol. The first-order valence-electron chi connectivity index (χ1n) is 9.00. The van der Waals surface area contributed by atoms with Crippen molar-refractivity contribution in [2.75, 3.05) is 5.32 Å². The molecule has 3 aromatic rings. The number of azo groups is 1. The summed E-state index contributed by atoms with van der Waals surface area (Å²) < 4.78 is 104. The summed E-state index contributed by atoms with van der Waals surface area (Å²) in [5.74, 6) is -1.95. The number of amides is 1. The summed E-state index contributed by atoms with van der Waals surface area (Å²) in [5, 5.41) is 19.2. The predicted octanol–water partition coefficient (Wildman–Crippen LogP) is -7.36. The van der Waals surface area contributed by atoms with Gasteiger partial charge in [0.25, 0.3) is 0 Å². The topological polar surface area (TPSA) is 246 Å². The van der Waals surface area contributed by atoms with Crippen LogP contribution in [0.3, 0.4) is 0 Å². The van der Waals surface area contributed by atoms with Crippen LogP contribution in [0, 0.1) is 0 Å². The number of aromatic hydroxyl groups is 1. The molecule has 0 bridgehead atoms. The number of phenolic OH excluding ortho intramolecular Hbond substituents is 1. The van der Waals surface area contributed by atoms with Crippen LogP contribution in [-0.4, -0.2) is 49.9 Å². The zero-order valence-corrected chi connectivity index (χ0v) is 28.6. The Balaban J connectivity index is 0.00000456. The van der Waals surface area contributed by atoms with Crippen LogP contribution in [0.4, 0.5) is 17.1 Å². The van der Waals surface area contributed by atoms with E-state index in [2.05, 4.69) is 15.5 Å². The fourth-order valence-corrected chi connectivity index (χ4v) is 4.76. The molecule has 0 aromatic heterocycles. The Morgan fingerprint density at radius 3 is 1.76 bits per heavy atom. The van der Waals surface area contributed by atoms with Gasteiger partial charge >= 0.3 is 88.7 Å². The molecule has 14 nitrogen and oxygen atoms in total. The van der Waals surface area contributed by atoms with Gasteiger partial charge in [-0.25, -0.2) is 25.3 Å². The van der Waals surface area contributed by atoms with E-state index < -0.39 is 73.5 Å². The summed E-state index contributed by atoms with van der Waals surface area (Å²) in [7, 11) is -15.3. The minimum Gasteiger partial charge on any atom is -0.744 e. The van der Waals surface area contributed by atoms with Gasteiger partial charge in [-0.15, -0.1) is 5.11 Å². The number of nitrogens with zero attached hydrogens (tertiary/aromatic N) is 2. The molecule has 0 aliphatic carbocycles. The number of carbonyl (C=O) groups is 1. The van der Waals surface area contributed by atoms with Crippen LogP contribution in [0.1, 0.15) is 6.92 Å². The van der Waals surface area contributed by atoms with E-state index in [0.717, 1.165) is 49.4 Å². The Labute approximate surface area is 283 Å². The largest absolute Gasteiger partial charge is 1.00 e. The van der Waals surface area contributed by atoms with Gasteiger partial charge in [0.1, 0.15) is 36.0 Å². The van der Waals surface area contributed by atoms with Crippen LogP contribution in [-0.2, 0) is 35.1 Å². The van der Waals surface area contributed by atoms with E-state index in [1.54, 1.807) is 0 Å². The second-order valence-electron chi connectivity index (χ2n) is 6.85. The molecule has 20 heteroatoms. The van der Waals surface area contributed by atoms with Crippen molar-refractivity contribution in [3.63, 3.8) is 0 Å². The molecule has 2 N–H and O–H groups in total. The molecule has 186 valence electrons. The third-order valence-electron chi connectivity index (χ3n) is 4.41. The first kappa shape index (κ1) is 37.5. The van der Waals surface area contributed by atoms with Gasteiger partial charge in [-0.1, -0.05) is 6.07 Å². The minimum atomic E-state index is -5.30. The minimum absolute atomic E-state index is 0. The van der Waals surface area contributed by atoms with E-state index in [0.29, 0.717) is 0 Å². The maximum atomic E-state index is 11.8. The molecule has 1 amide bonds. The number of phenols is 1. The molecule has 3 rings (SSSR count). The van der Waals surface area contributed by atoms with E-state index in [1.807, 2.05) is 0 Å². The van der Waals surface area contributed by atoms with Gasteiger partial charge in [0.2, 0.25) is 5.91 Å². The Morgan fingerprint density at radius 2 is 1.32 bits per heavy atom. The fourth-order valence-electron chi connectivity index (χ4n) is 3.00. The zero-order chi connectivity index (χ0) is 26.3. The van der Waals surface area contributed by atoms with Crippen molar-refractivity contribution < 1.29 is 137 Å². The normalized spacial score (nSPS) is 11.8. The number of nitrogens with one attached hydrogen (secondary N) is 1. The molecular formula is C18H12N3Na3O11S3. The molecule has 0 radical (unpaired) electrons. The van der Waals surface area contributed by atoms with Crippen LogP contribution in [0.5, 0.6) is 5.75 Å². The van der Waals surface area contributed by atoms with Crippen molar-refractivity contribution in [2.45, 2.75) is 21.6 Å². The summed E-state index contributed by atoms with van der Waals surface area (Å²) >= 11 is 0. The van der Waals surface area contributed by atoms with Crippen molar-refractivity contribution in [2.24, 2.45) is 10.2 Å². The van der Waals surface area contributed by atoms with E-state index in [-0.39, 0.29) is 99.7 Å². The Kier molecular flexibility index (Phi) is 13.8. The standard InChI is InChI=1S/C18H15N3O11S3.3Na/c1-9(22)19-16-13(34(27,28)29)7-2-10-8-14(35(30,31)32)17(18(23)15(10)16)21-20-11-3-5-12(6-4-11)33(24,25)26;;;/h2-8,23H,1H3,(H,19,22)(H,24,25,26)(H,27,28,29)(H,30,31,32);;;/q;3*+1/p-3. The molecular weight excluding hydrogens is 599 g/mol. The van der Waals surface area contributed by atoms with Gasteiger partial charge in [0, 0.05) is 6.92 Å². The monoisotopic (exact) mass is 611 g/mol. The van der Waals surface area contributed by atoms with E-state index in [1.165, 1.54) is 0 Å². The van der Waals surface area contributed by atoms with Crippen LogP contribution in [0.15, 0.2) is 67.4 Å². The maximum Gasteiger partial charge on any atom is 1.00 e. The van der Waals surface area contributed by atoms with Crippen molar-refractivity contribution in [1.29, 1.82) is 0 Å². The van der Waals surface area contributed by atoms with Crippen LogP contribution in [0.2, 0.25) is 0 Å². The summed E-state index contributed by atoms with van der Waals surface area (Å²) in [6, 6.07) is 6.20. The smallest absolute Gasteiger partial charge is 0.744 e. The van der Waals surface area contributed by atoms with Gasteiger partial charge in [0.15, 0.2) is 5.75 Å². The van der Waals surface area contributed by atoms with Crippen molar-refractivity contribution in [3.05, 3.63) is 42.5 Å². The van der Waals surface area contributed by atoms with Crippen LogP contribution < -0.4 is 94.0 Å². The van der Waals surface area contributed by atoms with Crippen molar-refractivity contribution >= 4 is 64.1 Å². The van der Waals surface area contributed by atoms with Gasteiger partial charge in [0.05, 0.1) is 31.4 Å². The molecule has 0 aliphatic heterocycles. The number of rotatable bonds is 6. The Hall–Kier alpha value is -0.480. The first-order valence-corrected chi connectivity index (χ1v) is 13.2. The summed E-state index contributed by atoms with van der Waals surface area (Å²) in [6.45, 7) is 0.972. The molecule has 0 unspecified atom stereocenters. The Morgan fingerprint density at radius 1 is 0.789 bits per heavy atom. The third kappa shape index (κ3) is 8.76. The molecule has 0 spiro atoms. The average Bonchev–Trinajstić information content (AvgIpc) is 2.70. The molecule has 0 aliphatic rings. The summed E-state index contributed by atoms with van der Waals surface area (Å²) in [4.78, 5) is 9.00. The molecule has 0 atom stereocenters. The number of benzene rings is 3. The number of fused-ring (bicyclic) bond motifs is 1.